The first-order valence-corrected chi connectivity index (χ1v) is 9.73. The van der Waals surface area contributed by atoms with E-state index in [1.54, 1.807) is 6.92 Å². The van der Waals surface area contributed by atoms with Crippen LogP contribution in [0, 0.1) is 33.3 Å². The first kappa shape index (κ1) is 18.6. The molecule has 4 aliphatic carbocycles. The van der Waals surface area contributed by atoms with E-state index in [1.165, 1.54) is 37.6 Å². The molecule has 4 saturated carbocycles. The van der Waals surface area contributed by atoms with E-state index in [2.05, 4.69) is 15.8 Å². The first-order chi connectivity index (χ1) is 13.3. The fourth-order valence-corrected chi connectivity index (χ4v) is 5.57. The minimum atomic E-state index is -0.719. The summed E-state index contributed by atoms with van der Waals surface area (Å²) >= 11 is 0. The number of nitrogens with one attached hydrogen (secondary N) is 2. The predicted octanol–water partition coefficient (Wildman–Crippen LogP) is 2.36. The van der Waals surface area contributed by atoms with E-state index in [0.29, 0.717) is 17.8 Å². The van der Waals surface area contributed by atoms with Crippen molar-refractivity contribution in [2.75, 3.05) is 0 Å². The number of hydrazone groups is 1. The summed E-state index contributed by atoms with van der Waals surface area (Å²) in [5.74, 6) is 1.26. The van der Waals surface area contributed by atoms with Gasteiger partial charge in [-0.25, -0.2) is 5.43 Å². The van der Waals surface area contributed by atoms with Gasteiger partial charge in [-0.05, 0) is 69.3 Å². The molecular weight excluding hydrogens is 364 g/mol. The zero-order chi connectivity index (χ0) is 19.9. The maximum absolute atomic E-state index is 13.0. The van der Waals surface area contributed by atoms with E-state index in [-0.39, 0.29) is 17.1 Å². The summed E-state index contributed by atoms with van der Waals surface area (Å²) in [6.07, 6.45) is 7.75. The van der Waals surface area contributed by atoms with Gasteiger partial charge in [0.15, 0.2) is 5.76 Å². The van der Waals surface area contributed by atoms with Crippen molar-refractivity contribution in [1.82, 2.24) is 10.7 Å². The standard InChI is InChI=1S/C19H24N4O5/c1-11(17(24)22-20-10-15-2-3-16(28-15)23(26)27)21-18(25)19-7-12-4-13(8-19)6-14(5-12)9-19/h2-3,10-14H,4-9H2,1H3,(H,21,25)(H,22,24)/b20-10+. The van der Waals surface area contributed by atoms with Crippen LogP contribution in [0.2, 0.25) is 0 Å². The second kappa shape index (κ2) is 7.03. The van der Waals surface area contributed by atoms with Gasteiger partial charge in [-0.15, -0.1) is 0 Å². The highest BCUT2D eigenvalue weighted by molar-refractivity contribution is 5.90. The Morgan fingerprint density at radius 2 is 1.86 bits per heavy atom. The van der Waals surface area contributed by atoms with Gasteiger partial charge in [0.2, 0.25) is 5.91 Å². The summed E-state index contributed by atoms with van der Waals surface area (Å²) in [6, 6.07) is 1.87. The van der Waals surface area contributed by atoms with Gasteiger partial charge in [0.05, 0.1) is 12.3 Å². The van der Waals surface area contributed by atoms with Crippen LogP contribution >= 0.6 is 0 Å². The normalized spacial score (nSPS) is 31.7. The Morgan fingerprint density at radius 1 is 1.25 bits per heavy atom. The molecule has 1 heterocycles. The molecule has 0 spiro atoms. The van der Waals surface area contributed by atoms with Gasteiger partial charge >= 0.3 is 5.88 Å². The van der Waals surface area contributed by atoms with Crippen molar-refractivity contribution >= 4 is 23.9 Å². The number of carbonyl (C=O) groups excluding carboxylic acids is 2. The summed E-state index contributed by atoms with van der Waals surface area (Å²) in [5.41, 5.74) is 2.03. The topological polar surface area (TPSA) is 127 Å². The quantitative estimate of drug-likeness (QED) is 0.439. The van der Waals surface area contributed by atoms with Gasteiger partial charge in [0, 0.05) is 5.41 Å². The number of amides is 2. The largest absolute Gasteiger partial charge is 0.433 e. The molecule has 0 radical (unpaired) electrons. The molecule has 4 fully saturated rings. The lowest BCUT2D eigenvalue weighted by molar-refractivity contribution is -0.402. The molecule has 9 nitrogen and oxygen atoms in total. The van der Waals surface area contributed by atoms with Crippen molar-refractivity contribution in [3.05, 3.63) is 28.0 Å². The molecule has 1 unspecified atom stereocenters. The lowest BCUT2D eigenvalue weighted by atomic mass is 9.49. The molecule has 28 heavy (non-hydrogen) atoms. The maximum atomic E-state index is 13.0. The van der Waals surface area contributed by atoms with Crippen LogP contribution in [0.15, 0.2) is 21.7 Å². The molecular formula is C19H24N4O5. The summed E-state index contributed by atoms with van der Waals surface area (Å²) in [7, 11) is 0. The Balaban J connectivity index is 1.31. The third-order valence-corrected chi connectivity index (χ3v) is 6.42. The van der Waals surface area contributed by atoms with E-state index in [1.807, 2.05) is 0 Å². The predicted molar refractivity (Wildman–Crippen MR) is 99.3 cm³/mol. The highest BCUT2D eigenvalue weighted by Crippen LogP contribution is 2.60. The highest BCUT2D eigenvalue weighted by Gasteiger charge is 2.54. The summed E-state index contributed by atoms with van der Waals surface area (Å²) < 4.78 is 4.92. The van der Waals surface area contributed by atoms with Crippen LogP contribution in [-0.4, -0.2) is 29.0 Å². The molecule has 5 rings (SSSR count). The van der Waals surface area contributed by atoms with Crippen LogP contribution in [0.3, 0.4) is 0 Å². The van der Waals surface area contributed by atoms with Crippen LogP contribution in [0.4, 0.5) is 5.88 Å². The Labute approximate surface area is 162 Å². The molecule has 2 N–H and O–H groups in total. The monoisotopic (exact) mass is 388 g/mol. The molecule has 4 aliphatic rings. The average molecular weight is 388 g/mol. The van der Waals surface area contributed by atoms with Gasteiger partial charge in [-0.3, -0.25) is 19.7 Å². The van der Waals surface area contributed by atoms with Gasteiger partial charge in [-0.2, -0.15) is 5.10 Å². The van der Waals surface area contributed by atoms with Crippen molar-refractivity contribution in [2.24, 2.45) is 28.3 Å². The molecule has 150 valence electrons. The lowest BCUT2D eigenvalue weighted by Crippen LogP contribution is -2.56. The highest BCUT2D eigenvalue weighted by atomic mass is 16.6. The van der Waals surface area contributed by atoms with Crippen molar-refractivity contribution in [2.45, 2.75) is 51.5 Å². The number of nitrogens with zero attached hydrogens (tertiary/aromatic N) is 2. The zero-order valence-corrected chi connectivity index (χ0v) is 15.7. The minimum absolute atomic E-state index is 0.0140. The van der Waals surface area contributed by atoms with Crippen molar-refractivity contribution in [1.29, 1.82) is 0 Å². The van der Waals surface area contributed by atoms with Crippen LogP contribution in [-0.2, 0) is 9.59 Å². The number of hydrogen-bond acceptors (Lipinski definition) is 6. The molecule has 0 aromatic carbocycles. The molecule has 2 amide bonds. The van der Waals surface area contributed by atoms with E-state index in [4.69, 9.17) is 4.42 Å². The molecule has 1 atom stereocenters. The van der Waals surface area contributed by atoms with Crippen molar-refractivity contribution in [3.63, 3.8) is 0 Å². The van der Waals surface area contributed by atoms with Crippen LogP contribution in [0.25, 0.3) is 0 Å². The van der Waals surface area contributed by atoms with Crippen LogP contribution in [0.1, 0.15) is 51.2 Å². The van der Waals surface area contributed by atoms with Gasteiger partial charge in [0.25, 0.3) is 5.91 Å². The fraction of sp³-hybridized carbons (Fsp3) is 0.632. The smallest absolute Gasteiger partial charge is 0.400 e. The van der Waals surface area contributed by atoms with E-state index in [0.717, 1.165) is 19.3 Å². The van der Waals surface area contributed by atoms with E-state index in [9.17, 15) is 19.7 Å². The maximum Gasteiger partial charge on any atom is 0.433 e. The Hall–Kier alpha value is -2.71. The van der Waals surface area contributed by atoms with Crippen molar-refractivity contribution < 1.29 is 18.9 Å². The summed E-state index contributed by atoms with van der Waals surface area (Å²) in [6.45, 7) is 1.63. The molecule has 1 aromatic rings. The van der Waals surface area contributed by atoms with E-state index >= 15 is 0 Å². The number of rotatable bonds is 6. The van der Waals surface area contributed by atoms with Gasteiger partial charge < -0.3 is 9.73 Å². The molecule has 4 bridgehead atoms. The first-order valence-electron chi connectivity index (χ1n) is 9.73. The van der Waals surface area contributed by atoms with Crippen LogP contribution < -0.4 is 10.7 Å². The summed E-state index contributed by atoms with van der Waals surface area (Å²) in [4.78, 5) is 35.1. The second-order valence-electron chi connectivity index (χ2n) is 8.56. The SMILES string of the molecule is CC(NC(=O)C12CC3CC(CC(C3)C1)C2)C(=O)N/N=C/c1ccc([N+](=O)[O-])o1. The second-order valence-corrected chi connectivity index (χ2v) is 8.56. The fourth-order valence-electron chi connectivity index (χ4n) is 5.57. The average Bonchev–Trinajstić information content (AvgIpc) is 3.09. The Morgan fingerprint density at radius 3 is 2.39 bits per heavy atom. The summed E-state index contributed by atoms with van der Waals surface area (Å²) in [5, 5.41) is 17.2. The Bertz CT molecular complexity index is 795. The van der Waals surface area contributed by atoms with Gasteiger partial charge in [-0.1, -0.05) is 0 Å². The van der Waals surface area contributed by atoms with Crippen LogP contribution in [0.5, 0.6) is 0 Å². The number of nitro groups is 1. The zero-order valence-electron chi connectivity index (χ0n) is 15.7. The third kappa shape index (κ3) is 3.53. The van der Waals surface area contributed by atoms with E-state index < -0.39 is 22.8 Å². The molecule has 0 aliphatic heterocycles. The lowest BCUT2D eigenvalue weighted by Gasteiger charge is -2.55. The molecule has 9 heteroatoms. The minimum Gasteiger partial charge on any atom is -0.400 e. The Kier molecular flexibility index (Phi) is 4.68. The van der Waals surface area contributed by atoms with Crippen molar-refractivity contribution in [3.8, 4) is 0 Å². The van der Waals surface area contributed by atoms with Gasteiger partial charge in [0.1, 0.15) is 11.0 Å². The number of furan rings is 1. The molecule has 1 aromatic heterocycles. The number of hydrogen-bond donors (Lipinski definition) is 2. The number of carbonyl (C=O) groups is 2. The molecule has 0 saturated heterocycles. The third-order valence-electron chi connectivity index (χ3n) is 6.42.